The molecule has 0 atom stereocenters. The lowest BCUT2D eigenvalue weighted by molar-refractivity contribution is 0.0954. The van der Waals surface area contributed by atoms with E-state index >= 15 is 0 Å². The van der Waals surface area contributed by atoms with Crippen LogP contribution >= 0.6 is 27.5 Å². The number of halogens is 2. The van der Waals surface area contributed by atoms with E-state index in [1.165, 1.54) is 0 Å². The van der Waals surface area contributed by atoms with Gasteiger partial charge in [-0.2, -0.15) is 5.10 Å². The van der Waals surface area contributed by atoms with Crippen molar-refractivity contribution >= 4 is 50.7 Å². The van der Waals surface area contributed by atoms with Crippen LogP contribution in [0.5, 0.6) is 0 Å². The van der Waals surface area contributed by atoms with Crippen molar-refractivity contribution in [1.29, 1.82) is 0 Å². The molecule has 0 heterocycles. The smallest absolute Gasteiger partial charge is 0.271 e. The summed E-state index contributed by atoms with van der Waals surface area (Å²) < 4.78 is 0.815. The van der Waals surface area contributed by atoms with Gasteiger partial charge in [0.05, 0.1) is 5.71 Å². The van der Waals surface area contributed by atoms with E-state index in [1.807, 2.05) is 18.2 Å². The van der Waals surface area contributed by atoms with E-state index in [4.69, 9.17) is 11.6 Å². The Morgan fingerprint density at radius 2 is 1.55 bits per heavy atom. The van der Waals surface area contributed by atoms with Gasteiger partial charge in [0.2, 0.25) is 0 Å². The molecule has 0 aliphatic heterocycles. The molecule has 2 amide bonds. The number of carbonyl (C=O) groups excluding carboxylic acids is 2. The number of nitrogens with zero attached hydrogens (tertiary/aromatic N) is 1. The number of hydrogen-bond acceptors (Lipinski definition) is 3. The highest BCUT2D eigenvalue weighted by Gasteiger charge is 2.08. The van der Waals surface area contributed by atoms with Crippen molar-refractivity contribution in [3.63, 3.8) is 0 Å². The molecule has 0 aromatic heterocycles. The number of rotatable bonds is 5. The lowest BCUT2D eigenvalue weighted by Crippen LogP contribution is -2.19. The van der Waals surface area contributed by atoms with Crippen LogP contribution in [0.3, 0.4) is 0 Å². The van der Waals surface area contributed by atoms with Gasteiger partial charge in [-0.3, -0.25) is 9.59 Å². The van der Waals surface area contributed by atoms with E-state index in [9.17, 15) is 9.59 Å². The molecule has 0 fully saturated rings. The molecule has 3 aromatic carbocycles. The summed E-state index contributed by atoms with van der Waals surface area (Å²) in [5.74, 6) is -0.547. The molecule has 3 aromatic rings. The quantitative estimate of drug-likeness (QED) is 0.381. The minimum absolute atomic E-state index is 0.239. The second-order valence-electron chi connectivity index (χ2n) is 6.19. The molecule has 0 aliphatic carbocycles. The zero-order chi connectivity index (χ0) is 20.8. The van der Waals surface area contributed by atoms with Crippen LogP contribution in [0.2, 0.25) is 5.02 Å². The number of carbonyl (C=O) groups is 2. The number of hydrogen-bond donors (Lipinski definition) is 2. The van der Waals surface area contributed by atoms with Gasteiger partial charge in [-0.1, -0.05) is 45.7 Å². The molecule has 0 saturated carbocycles. The molecule has 0 spiro atoms. The lowest BCUT2D eigenvalue weighted by atomic mass is 10.1. The van der Waals surface area contributed by atoms with E-state index in [0.717, 1.165) is 10.0 Å². The molecule has 29 heavy (non-hydrogen) atoms. The highest BCUT2D eigenvalue weighted by Crippen LogP contribution is 2.15. The van der Waals surface area contributed by atoms with Gasteiger partial charge >= 0.3 is 0 Å². The predicted octanol–water partition coefficient (Wildman–Crippen LogP) is 5.51. The van der Waals surface area contributed by atoms with Crippen LogP contribution in [0.4, 0.5) is 5.69 Å². The SMILES string of the molecule is C/C(=N/NC(=O)c1cccc(Br)c1)c1cccc(NC(=O)c2ccc(Cl)cc2)c1. The minimum atomic E-state index is -0.308. The Morgan fingerprint density at radius 1 is 0.862 bits per heavy atom. The normalized spacial score (nSPS) is 11.1. The fourth-order valence-corrected chi connectivity index (χ4v) is 3.05. The molecule has 0 unspecified atom stereocenters. The molecule has 146 valence electrons. The van der Waals surface area contributed by atoms with Crippen molar-refractivity contribution < 1.29 is 9.59 Å². The summed E-state index contributed by atoms with van der Waals surface area (Å²) in [5.41, 5.74) is 5.55. The van der Waals surface area contributed by atoms with Crippen molar-refractivity contribution in [1.82, 2.24) is 5.43 Å². The third kappa shape index (κ3) is 5.76. The van der Waals surface area contributed by atoms with Crippen molar-refractivity contribution in [2.24, 2.45) is 5.10 Å². The van der Waals surface area contributed by atoms with Crippen molar-refractivity contribution in [2.75, 3.05) is 5.32 Å². The Labute approximate surface area is 181 Å². The van der Waals surface area contributed by atoms with Gasteiger partial charge in [-0.05, 0) is 67.1 Å². The topological polar surface area (TPSA) is 70.6 Å². The highest BCUT2D eigenvalue weighted by atomic mass is 79.9. The summed E-state index contributed by atoms with van der Waals surface area (Å²) >= 11 is 9.19. The summed E-state index contributed by atoms with van der Waals surface area (Å²) in [6.45, 7) is 1.78. The molecular weight excluding hydrogens is 454 g/mol. The molecular formula is C22H17BrClN3O2. The summed E-state index contributed by atoms with van der Waals surface area (Å²) in [5, 5.41) is 7.57. The largest absolute Gasteiger partial charge is 0.322 e. The Hall–Kier alpha value is -2.96. The van der Waals surface area contributed by atoms with Gasteiger partial charge in [0.1, 0.15) is 0 Å². The first-order valence-corrected chi connectivity index (χ1v) is 9.87. The second kappa shape index (κ2) is 9.49. The summed E-state index contributed by atoms with van der Waals surface area (Å²) in [7, 11) is 0. The number of amides is 2. The fraction of sp³-hybridized carbons (Fsp3) is 0.0455. The maximum Gasteiger partial charge on any atom is 0.271 e. The van der Waals surface area contributed by atoms with Crippen LogP contribution < -0.4 is 10.7 Å². The van der Waals surface area contributed by atoms with Crippen molar-refractivity contribution in [2.45, 2.75) is 6.92 Å². The summed E-state index contributed by atoms with van der Waals surface area (Å²) in [4.78, 5) is 24.6. The van der Waals surface area contributed by atoms with E-state index in [2.05, 4.69) is 31.8 Å². The minimum Gasteiger partial charge on any atom is -0.322 e. The van der Waals surface area contributed by atoms with Crippen LogP contribution in [0.1, 0.15) is 33.2 Å². The Balaban J connectivity index is 1.69. The van der Waals surface area contributed by atoms with Gasteiger partial charge in [0, 0.05) is 26.3 Å². The Bertz CT molecular complexity index is 1080. The number of anilines is 1. The van der Waals surface area contributed by atoms with E-state index in [-0.39, 0.29) is 11.8 Å². The fourth-order valence-electron chi connectivity index (χ4n) is 2.52. The summed E-state index contributed by atoms with van der Waals surface area (Å²) in [6.07, 6.45) is 0. The zero-order valence-corrected chi connectivity index (χ0v) is 17.8. The van der Waals surface area contributed by atoms with E-state index < -0.39 is 0 Å². The predicted molar refractivity (Wildman–Crippen MR) is 120 cm³/mol. The van der Waals surface area contributed by atoms with Crippen LogP contribution in [-0.2, 0) is 0 Å². The third-order valence-electron chi connectivity index (χ3n) is 4.06. The first kappa shape index (κ1) is 20.8. The maximum atomic E-state index is 12.4. The van der Waals surface area contributed by atoms with Crippen molar-refractivity contribution in [3.8, 4) is 0 Å². The molecule has 0 saturated heterocycles. The molecule has 2 N–H and O–H groups in total. The monoisotopic (exact) mass is 469 g/mol. The molecule has 7 heteroatoms. The molecule has 0 bridgehead atoms. The number of nitrogens with one attached hydrogen (secondary N) is 2. The molecule has 0 radical (unpaired) electrons. The lowest BCUT2D eigenvalue weighted by Gasteiger charge is -2.08. The highest BCUT2D eigenvalue weighted by molar-refractivity contribution is 9.10. The standard InChI is InChI=1S/C22H17BrClN3O2/c1-14(26-27-22(29)17-5-2-6-18(23)12-17)16-4-3-7-20(13-16)25-21(28)15-8-10-19(24)11-9-15/h2-13H,1H3,(H,25,28)(H,27,29)/b26-14-. The zero-order valence-electron chi connectivity index (χ0n) is 15.4. The van der Waals surface area contributed by atoms with Gasteiger partial charge in [-0.15, -0.1) is 0 Å². The average molecular weight is 471 g/mol. The van der Waals surface area contributed by atoms with Crippen LogP contribution in [0.15, 0.2) is 82.4 Å². The van der Waals surface area contributed by atoms with Crippen LogP contribution in [-0.4, -0.2) is 17.5 Å². The third-order valence-corrected chi connectivity index (χ3v) is 4.80. The van der Waals surface area contributed by atoms with Crippen LogP contribution in [0, 0.1) is 0 Å². The Kier molecular flexibility index (Phi) is 6.80. The van der Waals surface area contributed by atoms with Gasteiger partial charge in [0.25, 0.3) is 11.8 Å². The van der Waals surface area contributed by atoms with E-state index in [0.29, 0.717) is 27.5 Å². The van der Waals surface area contributed by atoms with Crippen molar-refractivity contribution in [3.05, 3.63) is 99.0 Å². The van der Waals surface area contributed by atoms with Gasteiger partial charge < -0.3 is 5.32 Å². The number of hydrazone groups is 1. The molecule has 0 aliphatic rings. The average Bonchev–Trinajstić information content (AvgIpc) is 2.72. The molecule has 3 rings (SSSR count). The van der Waals surface area contributed by atoms with E-state index in [1.54, 1.807) is 61.5 Å². The second-order valence-corrected chi connectivity index (χ2v) is 7.54. The maximum absolute atomic E-state index is 12.4. The first-order valence-electron chi connectivity index (χ1n) is 8.70. The van der Waals surface area contributed by atoms with Crippen LogP contribution in [0.25, 0.3) is 0 Å². The molecule has 5 nitrogen and oxygen atoms in total. The summed E-state index contributed by atoms with van der Waals surface area (Å²) in [6, 6.07) is 20.9. The Morgan fingerprint density at radius 3 is 2.28 bits per heavy atom. The van der Waals surface area contributed by atoms with Gasteiger partial charge in [0.15, 0.2) is 0 Å². The first-order chi connectivity index (χ1) is 13.9. The number of benzene rings is 3. The van der Waals surface area contributed by atoms with Gasteiger partial charge in [-0.25, -0.2) is 5.43 Å².